The summed E-state index contributed by atoms with van der Waals surface area (Å²) < 4.78 is 0. The Bertz CT molecular complexity index is 910. The first-order valence-electron chi connectivity index (χ1n) is 9.07. The third kappa shape index (κ3) is 4.37. The Kier molecular flexibility index (Phi) is 5.75. The maximum atomic E-state index is 12.6. The van der Waals surface area contributed by atoms with Gasteiger partial charge in [0.05, 0.1) is 12.6 Å². The monoisotopic (exact) mass is 380 g/mol. The fraction of sp³-hybridized carbons (Fsp3) is 0.286. The summed E-state index contributed by atoms with van der Waals surface area (Å²) in [6.07, 6.45) is 0.492. The molecule has 3 N–H and O–H groups in total. The minimum Gasteiger partial charge on any atom is -0.368 e. The quantitative estimate of drug-likeness (QED) is 0.816. The van der Waals surface area contributed by atoms with Gasteiger partial charge in [-0.25, -0.2) is 0 Å². The van der Waals surface area contributed by atoms with Crippen molar-refractivity contribution in [3.63, 3.8) is 0 Å². The summed E-state index contributed by atoms with van der Waals surface area (Å²) in [5, 5.41) is 2.80. The molecule has 0 fully saturated rings. The van der Waals surface area contributed by atoms with E-state index < -0.39 is 11.9 Å². The average molecular weight is 380 g/mol. The summed E-state index contributed by atoms with van der Waals surface area (Å²) in [6.45, 7) is 0.518. The molecule has 3 amide bonds. The molecular formula is C21H24N4O3. The van der Waals surface area contributed by atoms with Crippen LogP contribution in [0, 0.1) is 0 Å². The Labute approximate surface area is 164 Å². The number of carbonyl (C=O) groups excluding carboxylic acids is 3. The van der Waals surface area contributed by atoms with Crippen LogP contribution in [-0.4, -0.2) is 54.2 Å². The van der Waals surface area contributed by atoms with E-state index in [1.54, 1.807) is 43.3 Å². The maximum Gasteiger partial charge on any atom is 0.253 e. The summed E-state index contributed by atoms with van der Waals surface area (Å²) in [7, 11) is 3.34. The van der Waals surface area contributed by atoms with Crippen LogP contribution in [0.3, 0.4) is 0 Å². The molecule has 146 valence electrons. The van der Waals surface area contributed by atoms with E-state index in [9.17, 15) is 14.4 Å². The van der Waals surface area contributed by atoms with Crippen molar-refractivity contribution < 1.29 is 14.4 Å². The van der Waals surface area contributed by atoms with Gasteiger partial charge in [-0.15, -0.1) is 0 Å². The molecule has 0 aliphatic carbocycles. The number of hydrogen-bond acceptors (Lipinski definition) is 4. The molecule has 1 atom stereocenters. The fourth-order valence-corrected chi connectivity index (χ4v) is 3.40. The number of nitrogens with one attached hydrogen (secondary N) is 1. The van der Waals surface area contributed by atoms with E-state index in [2.05, 4.69) is 5.32 Å². The summed E-state index contributed by atoms with van der Waals surface area (Å²) in [4.78, 5) is 39.8. The minimum absolute atomic E-state index is 0.0355. The third-order valence-electron chi connectivity index (χ3n) is 4.82. The molecule has 3 rings (SSSR count). The van der Waals surface area contributed by atoms with Gasteiger partial charge >= 0.3 is 0 Å². The second-order valence-corrected chi connectivity index (χ2v) is 7.12. The predicted molar refractivity (Wildman–Crippen MR) is 107 cm³/mol. The molecule has 28 heavy (non-hydrogen) atoms. The highest BCUT2D eigenvalue weighted by atomic mass is 16.2. The SMILES string of the molecule is CN(C)C(=O)c1cccc(NC(=O)CN2Cc3ccccc3C[C@@H]2C(N)=O)c1. The molecule has 0 saturated carbocycles. The number of primary amides is 1. The molecule has 7 heteroatoms. The summed E-state index contributed by atoms with van der Waals surface area (Å²) >= 11 is 0. The fourth-order valence-electron chi connectivity index (χ4n) is 3.40. The van der Waals surface area contributed by atoms with Gasteiger partial charge in [0.25, 0.3) is 5.91 Å². The molecule has 0 aromatic heterocycles. The highest BCUT2D eigenvalue weighted by Crippen LogP contribution is 2.23. The number of fused-ring (bicyclic) bond motifs is 1. The number of benzene rings is 2. The van der Waals surface area contributed by atoms with E-state index in [1.165, 1.54) is 4.90 Å². The molecule has 2 aromatic carbocycles. The van der Waals surface area contributed by atoms with Crippen LogP contribution in [0.2, 0.25) is 0 Å². The van der Waals surface area contributed by atoms with Gasteiger partial charge in [0.15, 0.2) is 0 Å². The topological polar surface area (TPSA) is 95.7 Å². The van der Waals surface area contributed by atoms with E-state index in [1.807, 2.05) is 24.3 Å². The zero-order chi connectivity index (χ0) is 20.3. The first kappa shape index (κ1) is 19.6. The van der Waals surface area contributed by atoms with Crippen molar-refractivity contribution in [2.45, 2.75) is 19.0 Å². The number of rotatable bonds is 5. The molecule has 1 aliphatic heterocycles. The van der Waals surface area contributed by atoms with Gasteiger partial charge in [-0.3, -0.25) is 19.3 Å². The lowest BCUT2D eigenvalue weighted by atomic mass is 9.93. The van der Waals surface area contributed by atoms with Gasteiger partial charge in [-0.05, 0) is 35.7 Å². The van der Waals surface area contributed by atoms with Gasteiger partial charge in [0.2, 0.25) is 11.8 Å². The summed E-state index contributed by atoms with van der Waals surface area (Å²) in [5.41, 5.74) is 8.76. The molecule has 0 bridgehead atoms. The lowest BCUT2D eigenvalue weighted by molar-refractivity contribution is -0.125. The van der Waals surface area contributed by atoms with Gasteiger partial charge in [0, 0.05) is 31.9 Å². The van der Waals surface area contributed by atoms with Crippen molar-refractivity contribution in [1.82, 2.24) is 9.80 Å². The lowest BCUT2D eigenvalue weighted by Gasteiger charge is -2.34. The molecule has 1 aliphatic rings. The van der Waals surface area contributed by atoms with Gasteiger partial charge < -0.3 is 16.0 Å². The van der Waals surface area contributed by atoms with Gasteiger partial charge in [-0.1, -0.05) is 30.3 Å². The summed E-state index contributed by atoms with van der Waals surface area (Å²) in [6, 6.07) is 14.1. The van der Waals surface area contributed by atoms with Crippen molar-refractivity contribution in [2.75, 3.05) is 26.0 Å². The number of anilines is 1. The number of nitrogens with two attached hydrogens (primary N) is 1. The standard InChI is InChI=1S/C21H24N4O3/c1-24(2)21(28)15-8-5-9-17(10-15)23-19(26)13-25-12-16-7-4-3-6-14(16)11-18(25)20(22)27/h3-10,18H,11-13H2,1-2H3,(H2,22,27)(H,23,26)/t18-/m1/s1. The van der Waals surface area contributed by atoms with E-state index in [-0.39, 0.29) is 18.4 Å². The molecule has 0 spiro atoms. The number of carbonyl (C=O) groups is 3. The van der Waals surface area contributed by atoms with Crippen molar-refractivity contribution in [3.05, 3.63) is 65.2 Å². The zero-order valence-electron chi connectivity index (χ0n) is 16.0. The molecule has 0 radical (unpaired) electrons. The van der Waals surface area contributed by atoms with Gasteiger partial charge in [0.1, 0.15) is 0 Å². The summed E-state index contributed by atoms with van der Waals surface area (Å²) in [5.74, 6) is -0.849. The largest absolute Gasteiger partial charge is 0.368 e. The molecule has 0 saturated heterocycles. The Hall–Kier alpha value is -3.19. The van der Waals surface area contributed by atoms with Gasteiger partial charge in [-0.2, -0.15) is 0 Å². The Morgan fingerprint density at radius 3 is 2.50 bits per heavy atom. The molecular weight excluding hydrogens is 356 g/mol. The molecule has 1 heterocycles. The smallest absolute Gasteiger partial charge is 0.253 e. The van der Waals surface area contributed by atoms with Crippen molar-refractivity contribution in [1.29, 1.82) is 0 Å². The van der Waals surface area contributed by atoms with Crippen LogP contribution < -0.4 is 11.1 Å². The van der Waals surface area contributed by atoms with Crippen molar-refractivity contribution in [2.24, 2.45) is 5.73 Å². The predicted octanol–water partition coefficient (Wildman–Crippen LogP) is 1.24. The Morgan fingerprint density at radius 1 is 1.11 bits per heavy atom. The van der Waals surface area contributed by atoms with Crippen LogP contribution in [0.25, 0.3) is 0 Å². The first-order valence-corrected chi connectivity index (χ1v) is 9.07. The van der Waals surface area contributed by atoms with Crippen LogP contribution in [0.15, 0.2) is 48.5 Å². The van der Waals surface area contributed by atoms with E-state index >= 15 is 0 Å². The average Bonchev–Trinajstić information content (AvgIpc) is 2.66. The van der Waals surface area contributed by atoms with E-state index in [0.29, 0.717) is 24.2 Å². The van der Waals surface area contributed by atoms with Crippen molar-refractivity contribution in [3.8, 4) is 0 Å². The number of nitrogens with zero attached hydrogens (tertiary/aromatic N) is 2. The van der Waals surface area contributed by atoms with Crippen LogP contribution in [-0.2, 0) is 22.6 Å². The van der Waals surface area contributed by atoms with Crippen LogP contribution >= 0.6 is 0 Å². The molecule has 2 aromatic rings. The second kappa shape index (κ2) is 8.22. The van der Waals surface area contributed by atoms with E-state index in [0.717, 1.165) is 11.1 Å². The third-order valence-corrected chi connectivity index (χ3v) is 4.82. The zero-order valence-corrected chi connectivity index (χ0v) is 16.0. The number of hydrogen-bond donors (Lipinski definition) is 2. The Morgan fingerprint density at radius 2 is 1.82 bits per heavy atom. The maximum absolute atomic E-state index is 12.6. The minimum atomic E-state index is -0.526. The van der Waals surface area contributed by atoms with Crippen LogP contribution in [0.4, 0.5) is 5.69 Å². The van der Waals surface area contributed by atoms with E-state index in [4.69, 9.17) is 5.73 Å². The molecule has 0 unspecified atom stereocenters. The lowest BCUT2D eigenvalue weighted by Crippen LogP contribution is -2.50. The Balaban J connectivity index is 1.71. The second-order valence-electron chi connectivity index (χ2n) is 7.12. The molecule has 7 nitrogen and oxygen atoms in total. The normalized spacial score (nSPS) is 16.1. The highest BCUT2D eigenvalue weighted by Gasteiger charge is 2.31. The first-order chi connectivity index (χ1) is 13.3. The van der Waals surface area contributed by atoms with Crippen LogP contribution in [0.1, 0.15) is 21.5 Å². The highest BCUT2D eigenvalue weighted by molar-refractivity contribution is 5.97. The van der Waals surface area contributed by atoms with Crippen molar-refractivity contribution >= 4 is 23.4 Å². The van der Waals surface area contributed by atoms with Crippen LogP contribution in [0.5, 0.6) is 0 Å². The number of amides is 3.